The molecule has 0 radical (unpaired) electrons. The summed E-state index contributed by atoms with van der Waals surface area (Å²) in [4.78, 5) is 24.3. The van der Waals surface area contributed by atoms with Crippen molar-refractivity contribution in [3.8, 4) is 16.9 Å². The van der Waals surface area contributed by atoms with Crippen LogP contribution in [0.2, 0.25) is 5.02 Å². The Balaban J connectivity index is 1.50. The van der Waals surface area contributed by atoms with Crippen LogP contribution in [0.4, 0.5) is 5.69 Å². The summed E-state index contributed by atoms with van der Waals surface area (Å²) in [5.74, 6) is -0.295. The average molecular weight is 437 g/mol. The molecule has 0 fully saturated rings. The molecule has 0 atom stereocenters. The van der Waals surface area contributed by atoms with Crippen LogP contribution < -0.4 is 15.4 Å². The number of rotatable bonds is 7. The smallest absolute Gasteiger partial charge is 0.258 e. The molecule has 0 aromatic heterocycles. The van der Waals surface area contributed by atoms with Crippen molar-refractivity contribution in [2.45, 2.75) is 20.8 Å². The predicted molar refractivity (Wildman–Crippen MR) is 125 cm³/mol. The standard InChI is InChI=1S/C25H25ClN2O3/c1-16-11-17(2)25(18(3)12-16)28-23(29)14-27-24(30)15-31-22-10-9-20(13-21(22)26)19-7-5-4-6-8-19/h4-13H,14-15H2,1-3H3,(H,27,30)(H,28,29). The van der Waals surface area contributed by atoms with Crippen LogP contribution in [0.5, 0.6) is 5.75 Å². The maximum atomic E-state index is 12.2. The van der Waals surface area contributed by atoms with Crippen LogP contribution in [0, 0.1) is 20.8 Å². The molecule has 0 saturated heterocycles. The Hall–Kier alpha value is -3.31. The number of hydrogen-bond donors (Lipinski definition) is 2. The van der Waals surface area contributed by atoms with E-state index in [0.717, 1.165) is 33.5 Å². The van der Waals surface area contributed by atoms with E-state index in [-0.39, 0.29) is 19.1 Å². The van der Waals surface area contributed by atoms with Crippen LogP contribution in [-0.4, -0.2) is 25.0 Å². The highest BCUT2D eigenvalue weighted by molar-refractivity contribution is 6.32. The zero-order valence-corrected chi connectivity index (χ0v) is 18.5. The van der Waals surface area contributed by atoms with Crippen molar-refractivity contribution in [1.29, 1.82) is 0 Å². The first kappa shape index (κ1) is 22.4. The molecule has 0 aliphatic rings. The lowest BCUT2D eigenvalue weighted by Gasteiger charge is -2.13. The third-order valence-corrected chi connectivity index (χ3v) is 5.08. The third kappa shape index (κ3) is 6.09. The predicted octanol–water partition coefficient (Wildman–Crippen LogP) is 5.07. The lowest BCUT2D eigenvalue weighted by Crippen LogP contribution is -2.36. The lowest BCUT2D eigenvalue weighted by molar-refractivity contribution is -0.125. The summed E-state index contributed by atoms with van der Waals surface area (Å²) in [5, 5.41) is 5.83. The molecule has 0 aliphatic carbocycles. The minimum Gasteiger partial charge on any atom is -0.482 e. The molecular formula is C25H25ClN2O3. The number of nitrogens with one attached hydrogen (secondary N) is 2. The molecule has 0 unspecified atom stereocenters. The van der Waals surface area contributed by atoms with E-state index >= 15 is 0 Å². The largest absolute Gasteiger partial charge is 0.482 e. The zero-order chi connectivity index (χ0) is 22.4. The SMILES string of the molecule is Cc1cc(C)c(NC(=O)CNC(=O)COc2ccc(-c3ccccc3)cc2Cl)c(C)c1. The van der Waals surface area contributed by atoms with Gasteiger partial charge in [-0.25, -0.2) is 0 Å². The van der Waals surface area contributed by atoms with Crippen molar-refractivity contribution in [3.63, 3.8) is 0 Å². The first-order valence-corrected chi connectivity index (χ1v) is 10.3. The topological polar surface area (TPSA) is 67.4 Å². The van der Waals surface area contributed by atoms with Crippen LogP contribution in [0.25, 0.3) is 11.1 Å². The summed E-state index contributed by atoms with van der Waals surface area (Å²) in [5.41, 5.74) is 5.86. The highest BCUT2D eigenvalue weighted by Gasteiger charge is 2.11. The summed E-state index contributed by atoms with van der Waals surface area (Å²) in [6.07, 6.45) is 0. The number of anilines is 1. The van der Waals surface area contributed by atoms with E-state index in [0.29, 0.717) is 10.8 Å². The Morgan fingerprint density at radius 2 is 1.55 bits per heavy atom. The van der Waals surface area contributed by atoms with Gasteiger partial charge in [0.15, 0.2) is 6.61 Å². The quantitative estimate of drug-likeness (QED) is 0.543. The first-order chi connectivity index (χ1) is 14.8. The van der Waals surface area contributed by atoms with Crippen molar-refractivity contribution >= 4 is 29.1 Å². The van der Waals surface area contributed by atoms with Crippen molar-refractivity contribution in [1.82, 2.24) is 5.32 Å². The lowest BCUT2D eigenvalue weighted by atomic mass is 10.1. The normalized spacial score (nSPS) is 10.5. The molecular weight excluding hydrogens is 412 g/mol. The molecule has 0 heterocycles. The van der Waals surface area contributed by atoms with E-state index in [9.17, 15) is 9.59 Å². The van der Waals surface area contributed by atoms with Gasteiger partial charge in [0.1, 0.15) is 5.75 Å². The Kier molecular flexibility index (Phi) is 7.32. The van der Waals surface area contributed by atoms with E-state index in [1.54, 1.807) is 12.1 Å². The summed E-state index contributed by atoms with van der Waals surface area (Å²) in [6, 6.07) is 19.2. The van der Waals surface area contributed by atoms with Gasteiger partial charge in [0.05, 0.1) is 11.6 Å². The highest BCUT2D eigenvalue weighted by atomic mass is 35.5. The van der Waals surface area contributed by atoms with Crippen LogP contribution in [0.1, 0.15) is 16.7 Å². The van der Waals surface area contributed by atoms with Gasteiger partial charge in [-0.1, -0.05) is 65.7 Å². The molecule has 3 rings (SSSR count). The van der Waals surface area contributed by atoms with E-state index < -0.39 is 5.91 Å². The molecule has 6 heteroatoms. The fourth-order valence-electron chi connectivity index (χ4n) is 3.36. The second kappa shape index (κ2) is 10.1. The van der Waals surface area contributed by atoms with Crippen LogP contribution in [-0.2, 0) is 9.59 Å². The molecule has 160 valence electrons. The van der Waals surface area contributed by atoms with Crippen LogP contribution >= 0.6 is 11.6 Å². The van der Waals surface area contributed by atoms with Crippen LogP contribution in [0.15, 0.2) is 60.7 Å². The Bertz CT molecular complexity index is 1070. The molecule has 0 aliphatic heterocycles. The van der Waals surface area contributed by atoms with E-state index in [4.69, 9.17) is 16.3 Å². The van der Waals surface area contributed by atoms with E-state index in [2.05, 4.69) is 10.6 Å². The maximum Gasteiger partial charge on any atom is 0.258 e. The number of amides is 2. The fourth-order valence-corrected chi connectivity index (χ4v) is 3.60. The van der Waals surface area contributed by atoms with Gasteiger partial charge in [-0.05, 0) is 55.2 Å². The Morgan fingerprint density at radius 3 is 2.19 bits per heavy atom. The van der Waals surface area contributed by atoms with Gasteiger partial charge in [0, 0.05) is 5.69 Å². The molecule has 2 N–H and O–H groups in total. The molecule has 0 bridgehead atoms. The maximum absolute atomic E-state index is 12.2. The minimum absolute atomic E-state index is 0.143. The van der Waals surface area contributed by atoms with Gasteiger partial charge in [-0.3, -0.25) is 9.59 Å². The van der Waals surface area contributed by atoms with Crippen molar-refractivity contribution in [2.75, 3.05) is 18.5 Å². The second-order valence-electron chi connectivity index (χ2n) is 7.40. The van der Waals surface area contributed by atoms with Gasteiger partial charge >= 0.3 is 0 Å². The van der Waals surface area contributed by atoms with Crippen molar-refractivity contribution < 1.29 is 14.3 Å². The van der Waals surface area contributed by atoms with E-state index in [1.807, 2.05) is 69.3 Å². The number of aryl methyl sites for hydroxylation is 3. The molecule has 3 aromatic carbocycles. The Labute approximate surface area is 187 Å². The number of carbonyl (C=O) groups excluding carboxylic acids is 2. The average Bonchev–Trinajstić information content (AvgIpc) is 2.74. The van der Waals surface area contributed by atoms with Gasteiger partial charge in [-0.15, -0.1) is 0 Å². The van der Waals surface area contributed by atoms with Gasteiger partial charge < -0.3 is 15.4 Å². The summed E-state index contributed by atoms with van der Waals surface area (Å²) in [6.45, 7) is 5.51. The van der Waals surface area contributed by atoms with Gasteiger partial charge in [-0.2, -0.15) is 0 Å². The molecule has 2 amide bonds. The zero-order valence-electron chi connectivity index (χ0n) is 17.8. The van der Waals surface area contributed by atoms with Crippen molar-refractivity contribution in [2.24, 2.45) is 0 Å². The number of hydrogen-bond acceptors (Lipinski definition) is 3. The van der Waals surface area contributed by atoms with Crippen molar-refractivity contribution in [3.05, 3.63) is 82.4 Å². The second-order valence-corrected chi connectivity index (χ2v) is 7.81. The summed E-state index contributed by atoms with van der Waals surface area (Å²) in [7, 11) is 0. The Morgan fingerprint density at radius 1 is 0.871 bits per heavy atom. The number of halogens is 1. The monoisotopic (exact) mass is 436 g/mol. The number of ether oxygens (including phenoxy) is 1. The molecule has 0 spiro atoms. The third-order valence-electron chi connectivity index (χ3n) is 4.79. The molecule has 5 nitrogen and oxygen atoms in total. The number of carbonyl (C=O) groups is 2. The van der Waals surface area contributed by atoms with Gasteiger partial charge in [0.25, 0.3) is 5.91 Å². The first-order valence-electron chi connectivity index (χ1n) is 9.95. The molecule has 3 aromatic rings. The minimum atomic E-state index is -0.407. The van der Waals surface area contributed by atoms with E-state index in [1.165, 1.54) is 0 Å². The number of benzene rings is 3. The summed E-state index contributed by atoms with van der Waals surface area (Å²) >= 11 is 6.30. The van der Waals surface area contributed by atoms with Crippen LogP contribution in [0.3, 0.4) is 0 Å². The van der Waals surface area contributed by atoms with Gasteiger partial charge in [0.2, 0.25) is 5.91 Å². The highest BCUT2D eigenvalue weighted by Crippen LogP contribution is 2.30. The fraction of sp³-hybridized carbons (Fsp3) is 0.200. The summed E-state index contributed by atoms with van der Waals surface area (Å²) < 4.78 is 5.52. The molecule has 0 saturated carbocycles. The molecule has 31 heavy (non-hydrogen) atoms.